The lowest BCUT2D eigenvalue weighted by Gasteiger charge is -2.35. The lowest BCUT2D eigenvalue weighted by Crippen LogP contribution is -2.49. The van der Waals surface area contributed by atoms with Crippen molar-refractivity contribution in [1.29, 1.82) is 0 Å². The summed E-state index contributed by atoms with van der Waals surface area (Å²) in [5, 5.41) is 6.46. The maximum absolute atomic E-state index is 11.8. The van der Waals surface area contributed by atoms with Gasteiger partial charge in [-0.25, -0.2) is 0 Å². The highest BCUT2D eigenvalue weighted by molar-refractivity contribution is 5.78. The molecule has 0 aromatic rings. The molecule has 3 rings (SSSR count). The van der Waals surface area contributed by atoms with E-state index in [0.717, 1.165) is 31.3 Å². The molecule has 0 spiro atoms. The average molecular weight is 251 g/mol. The fraction of sp³-hybridized carbons (Fsp3) is 0.929. The molecule has 2 saturated heterocycles. The third-order valence-electron chi connectivity index (χ3n) is 4.60. The minimum atomic E-state index is 0.187. The van der Waals surface area contributed by atoms with Crippen LogP contribution in [-0.4, -0.2) is 49.1 Å². The summed E-state index contributed by atoms with van der Waals surface area (Å²) in [6.45, 7) is 3.97. The lowest BCUT2D eigenvalue weighted by atomic mass is 9.97. The molecule has 3 fully saturated rings. The molecule has 0 aromatic heterocycles. The number of nitrogens with one attached hydrogen (secondary N) is 2. The van der Waals surface area contributed by atoms with E-state index in [1.54, 1.807) is 0 Å². The van der Waals surface area contributed by atoms with Crippen LogP contribution in [0.2, 0.25) is 0 Å². The molecule has 1 amide bonds. The smallest absolute Gasteiger partial charge is 0.234 e. The van der Waals surface area contributed by atoms with Gasteiger partial charge in [0.05, 0.1) is 6.54 Å². The van der Waals surface area contributed by atoms with Gasteiger partial charge in [0.2, 0.25) is 5.91 Å². The Morgan fingerprint density at radius 1 is 1.17 bits per heavy atom. The zero-order valence-corrected chi connectivity index (χ0v) is 11.2. The largest absolute Gasteiger partial charge is 0.352 e. The van der Waals surface area contributed by atoms with Crippen molar-refractivity contribution in [2.24, 2.45) is 5.92 Å². The third-order valence-corrected chi connectivity index (χ3v) is 4.60. The van der Waals surface area contributed by atoms with Crippen LogP contribution in [0.1, 0.15) is 38.5 Å². The second-order valence-electron chi connectivity index (χ2n) is 6.20. The Hall–Kier alpha value is -0.610. The van der Waals surface area contributed by atoms with Crippen LogP contribution in [0.15, 0.2) is 0 Å². The Kier molecular flexibility index (Phi) is 3.85. The Balaban J connectivity index is 1.35. The van der Waals surface area contributed by atoms with E-state index in [0.29, 0.717) is 12.6 Å². The molecule has 4 nitrogen and oxygen atoms in total. The highest BCUT2D eigenvalue weighted by Crippen LogP contribution is 2.27. The highest BCUT2D eigenvalue weighted by atomic mass is 16.1. The number of amides is 1. The number of hydrogen-bond acceptors (Lipinski definition) is 3. The molecule has 4 heteroatoms. The monoisotopic (exact) mass is 251 g/mol. The third kappa shape index (κ3) is 3.23. The van der Waals surface area contributed by atoms with E-state index < -0.39 is 0 Å². The van der Waals surface area contributed by atoms with Crippen molar-refractivity contribution in [2.45, 2.75) is 50.6 Å². The van der Waals surface area contributed by atoms with Crippen molar-refractivity contribution in [3.63, 3.8) is 0 Å². The molecule has 1 aliphatic carbocycles. The van der Waals surface area contributed by atoms with E-state index in [2.05, 4.69) is 15.5 Å². The van der Waals surface area contributed by atoms with Gasteiger partial charge in [-0.3, -0.25) is 4.79 Å². The van der Waals surface area contributed by atoms with E-state index in [1.165, 1.54) is 38.8 Å². The summed E-state index contributed by atoms with van der Waals surface area (Å²) in [7, 11) is 0. The van der Waals surface area contributed by atoms with Crippen LogP contribution in [0.4, 0.5) is 0 Å². The van der Waals surface area contributed by atoms with Gasteiger partial charge >= 0.3 is 0 Å². The summed E-state index contributed by atoms with van der Waals surface area (Å²) >= 11 is 0. The molecular weight excluding hydrogens is 226 g/mol. The van der Waals surface area contributed by atoms with Gasteiger partial charge in [-0.15, -0.1) is 0 Å². The summed E-state index contributed by atoms with van der Waals surface area (Å²) in [6.07, 6.45) is 7.64. The zero-order valence-electron chi connectivity index (χ0n) is 11.2. The molecule has 0 aromatic carbocycles. The van der Waals surface area contributed by atoms with Gasteiger partial charge in [-0.2, -0.15) is 0 Å². The van der Waals surface area contributed by atoms with Gasteiger partial charge in [0.25, 0.3) is 0 Å². The Morgan fingerprint density at radius 3 is 2.89 bits per heavy atom. The minimum absolute atomic E-state index is 0.187. The fourth-order valence-electron chi connectivity index (χ4n) is 3.35. The second-order valence-corrected chi connectivity index (χ2v) is 6.20. The topological polar surface area (TPSA) is 44.4 Å². The van der Waals surface area contributed by atoms with Crippen LogP contribution in [0.3, 0.4) is 0 Å². The molecule has 0 bridgehead atoms. The molecule has 102 valence electrons. The van der Waals surface area contributed by atoms with Gasteiger partial charge in [-0.1, -0.05) is 0 Å². The summed E-state index contributed by atoms with van der Waals surface area (Å²) in [6, 6.07) is 1.16. The van der Waals surface area contributed by atoms with Crippen molar-refractivity contribution >= 4 is 5.91 Å². The number of nitrogens with zero attached hydrogens (tertiary/aromatic N) is 1. The molecule has 3 aliphatic rings. The normalized spacial score (nSPS) is 32.2. The molecule has 18 heavy (non-hydrogen) atoms. The van der Waals surface area contributed by atoms with Crippen molar-refractivity contribution in [2.75, 3.05) is 26.2 Å². The number of hydrogen-bond donors (Lipinski definition) is 2. The first kappa shape index (κ1) is 12.4. The summed E-state index contributed by atoms with van der Waals surface area (Å²) in [5.41, 5.74) is 0. The van der Waals surface area contributed by atoms with E-state index >= 15 is 0 Å². The number of rotatable bonds is 5. The average Bonchev–Trinajstić information content (AvgIpc) is 3.06. The van der Waals surface area contributed by atoms with Gasteiger partial charge in [0.15, 0.2) is 0 Å². The molecule has 2 unspecified atom stereocenters. The fourth-order valence-corrected chi connectivity index (χ4v) is 3.35. The van der Waals surface area contributed by atoms with Gasteiger partial charge in [0.1, 0.15) is 0 Å². The zero-order chi connectivity index (χ0) is 12.4. The van der Waals surface area contributed by atoms with Gasteiger partial charge in [-0.05, 0) is 57.5 Å². The molecule has 1 saturated carbocycles. The van der Waals surface area contributed by atoms with Crippen LogP contribution < -0.4 is 10.6 Å². The predicted molar refractivity (Wildman–Crippen MR) is 71.4 cm³/mol. The number of carbonyl (C=O) groups excluding carboxylic acids is 1. The molecule has 2 aliphatic heterocycles. The Bertz CT molecular complexity index is 303. The van der Waals surface area contributed by atoms with Crippen LogP contribution in [0.5, 0.6) is 0 Å². The van der Waals surface area contributed by atoms with Crippen molar-refractivity contribution in [3.8, 4) is 0 Å². The van der Waals surface area contributed by atoms with Crippen LogP contribution in [0, 0.1) is 5.92 Å². The van der Waals surface area contributed by atoms with Crippen molar-refractivity contribution < 1.29 is 4.79 Å². The molecule has 2 N–H and O–H groups in total. The number of fused-ring (bicyclic) bond motifs is 1. The maximum atomic E-state index is 11.8. The number of carbonyl (C=O) groups is 1. The standard InChI is InChI=1S/C14H25N3O/c18-14(10-15-9-11-3-4-11)16-12-5-7-17-6-1-2-13(17)8-12/h11-13,15H,1-10H2,(H,16,18). The summed E-state index contributed by atoms with van der Waals surface area (Å²) in [4.78, 5) is 14.4. The van der Waals surface area contributed by atoms with E-state index in [4.69, 9.17) is 0 Å². The summed E-state index contributed by atoms with van der Waals surface area (Å²) in [5.74, 6) is 1.03. The quantitative estimate of drug-likeness (QED) is 0.757. The maximum Gasteiger partial charge on any atom is 0.234 e. The Labute approximate surface area is 109 Å². The molecule has 2 atom stereocenters. The van der Waals surface area contributed by atoms with E-state index in [1.807, 2.05) is 0 Å². The molecular formula is C14H25N3O. The molecule has 2 heterocycles. The SMILES string of the molecule is O=C(CNCC1CC1)NC1CCN2CCCC2C1. The van der Waals surface area contributed by atoms with Crippen molar-refractivity contribution in [3.05, 3.63) is 0 Å². The summed E-state index contributed by atoms with van der Waals surface area (Å²) < 4.78 is 0. The van der Waals surface area contributed by atoms with E-state index in [9.17, 15) is 4.79 Å². The number of piperidine rings is 1. The van der Waals surface area contributed by atoms with Gasteiger partial charge < -0.3 is 15.5 Å². The lowest BCUT2D eigenvalue weighted by molar-refractivity contribution is -0.121. The first-order valence-corrected chi connectivity index (χ1v) is 7.55. The first-order valence-electron chi connectivity index (χ1n) is 7.55. The van der Waals surface area contributed by atoms with Crippen LogP contribution in [-0.2, 0) is 4.79 Å². The highest BCUT2D eigenvalue weighted by Gasteiger charge is 2.32. The minimum Gasteiger partial charge on any atom is -0.352 e. The van der Waals surface area contributed by atoms with Crippen LogP contribution >= 0.6 is 0 Å². The van der Waals surface area contributed by atoms with Crippen molar-refractivity contribution in [1.82, 2.24) is 15.5 Å². The van der Waals surface area contributed by atoms with Crippen LogP contribution in [0.25, 0.3) is 0 Å². The van der Waals surface area contributed by atoms with E-state index in [-0.39, 0.29) is 5.91 Å². The van der Waals surface area contributed by atoms with Gasteiger partial charge in [0, 0.05) is 18.6 Å². The Morgan fingerprint density at radius 2 is 2.06 bits per heavy atom. The molecule has 0 radical (unpaired) electrons. The predicted octanol–water partition coefficient (Wildman–Crippen LogP) is 0.729. The second kappa shape index (κ2) is 5.57. The first-order chi connectivity index (χ1) is 8.81.